The number of hydrogen-bond donors (Lipinski definition) is 2. The van der Waals surface area contributed by atoms with Gasteiger partial charge in [-0.2, -0.15) is 35.7 Å². The number of alkyl halides is 6. The molecule has 1 aromatic carbocycles. The molecule has 208 valence electrons. The van der Waals surface area contributed by atoms with Crippen molar-refractivity contribution in [2.24, 2.45) is 0 Å². The molecule has 3 aromatic rings. The van der Waals surface area contributed by atoms with Crippen molar-refractivity contribution in [2.75, 3.05) is 24.5 Å². The Morgan fingerprint density at radius 3 is 2.34 bits per heavy atom. The molecule has 2 atom stereocenters. The summed E-state index contributed by atoms with van der Waals surface area (Å²) in [4.78, 5) is 4.06. The van der Waals surface area contributed by atoms with Crippen LogP contribution in [0.3, 0.4) is 0 Å². The highest BCUT2D eigenvalue weighted by Crippen LogP contribution is 2.46. The summed E-state index contributed by atoms with van der Waals surface area (Å²) < 4.78 is 123. The van der Waals surface area contributed by atoms with Crippen LogP contribution < -0.4 is 4.90 Å². The summed E-state index contributed by atoms with van der Waals surface area (Å²) in [7, 11) is -4.41. The van der Waals surface area contributed by atoms with Gasteiger partial charge in [-0.15, -0.1) is 11.3 Å². The van der Waals surface area contributed by atoms with E-state index in [1.807, 2.05) is 0 Å². The maximum Gasteiger partial charge on any atom is 0.429 e. The third kappa shape index (κ3) is 4.87. The van der Waals surface area contributed by atoms with Gasteiger partial charge in [0.25, 0.3) is 15.6 Å². The molecule has 1 aliphatic heterocycles. The molecule has 1 saturated heterocycles. The molecular formula is C21H20F7N5O3S2. The second-order valence-corrected chi connectivity index (χ2v) is 11.8. The highest BCUT2D eigenvalue weighted by molar-refractivity contribution is 7.91. The Labute approximate surface area is 215 Å². The van der Waals surface area contributed by atoms with E-state index in [1.165, 1.54) is 18.7 Å². The van der Waals surface area contributed by atoms with Gasteiger partial charge in [0.05, 0.1) is 10.4 Å². The van der Waals surface area contributed by atoms with Crippen molar-refractivity contribution >= 4 is 27.0 Å². The first kappa shape index (κ1) is 28.3. The maximum absolute atomic E-state index is 13.9. The normalized spacial score (nSPS) is 19.5. The van der Waals surface area contributed by atoms with Crippen LogP contribution in [-0.4, -0.2) is 64.9 Å². The van der Waals surface area contributed by atoms with Gasteiger partial charge in [0, 0.05) is 31.4 Å². The summed E-state index contributed by atoms with van der Waals surface area (Å²) >= 11 is 0.180. The number of H-pyrrole nitrogens is 1. The summed E-state index contributed by atoms with van der Waals surface area (Å²) in [6, 6.07) is 3.00. The number of nitrogens with one attached hydrogen (secondary N) is 1. The summed E-state index contributed by atoms with van der Waals surface area (Å²) in [5, 5.41) is 16.2. The largest absolute Gasteiger partial charge is 0.429 e. The summed E-state index contributed by atoms with van der Waals surface area (Å²) in [6.07, 6.45) is -10.1. The van der Waals surface area contributed by atoms with Crippen LogP contribution in [0.1, 0.15) is 29.0 Å². The number of aliphatic hydroxyl groups is 1. The minimum Gasteiger partial charge on any atom is -0.369 e. The molecule has 1 aliphatic rings. The van der Waals surface area contributed by atoms with Crippen molar-refractivity contribution in [2.45, 2.75) is 42.1 Å². The van der Waals surface area contributed by atoms with Crippen molar-refractivity contribution in [3.05, 3.63) is 58.2 Å². The van der Waals surface area contributed by atoms with E-state index in [1.54, 1.807) is 0 Å². The molecule has 0 aliphatic carbocycles. The van der Waals surface area contributed by atoms with Crippen molar-refractivity contribution in [1.82, 2.24) is 19.5 Å². The minimum absolute atomic E-state index is 0.00592. The third-order valence-corrected chi connectivity index (χ3v) is 9.68. The first-order valence-corrected chi connectivity index (χ1v) is 13.1. The lowest BCUT2D eigenvalue weighted by molar-refractivity contribution is -0.249. The Balaban J connectivity index is 1.62. The number of rotatable bonds is 5. The number of halogens is 7. The van der Waals surface area contributed by atoms with E-state index in [2.05, 4.69) is 15.2 Å². The van der Waals surface area contributed by atoms with Crippen LogP contribution in [0.25, 0.3) is 0 Å². The molecule has 1 fully saturated rings. The highest BCUT2D eigenvalue weighted by atomic mass is 32.2. The van der Waals surface area contributed by atoms with E-state index in [9.17, 15) is 44.3 Å². The second kappa shape index (κ2) is 9.46. The van der Waals surface area contributed by atoms with Crippen molar-refractivity contribution in [3.63, 3.8) is 0 Å². The Morgan fingerprint density at radius 2 is 1.79 bits per heavy atom. The molecule has 4 rings (SSSR count). The van der Waals surface area contributed by atoms with Crippen LogP contribution in [0.4, 0.5) is 36.4 Å². The SMILES string of the molecule is Cc1nc(C(O)(c2ccc(S(=O)(=O)N3CCN(c4ccc(F)cc4C(F)(F)F)CC3C)s2)C(F)(F)F)n[nH]1. The average Bonchev–Trinajstić information content (AvgIpc) is 3.47. The van der Waals surface area contributed by atoms with Crippen LogP contribution >= 0.6 is 11.3 Å². The first-order valence-electron chi connectivity index (χ1n) is 10.9. The molecule has 0 spiro atoms. The number of sulfonamides is 1. The number of anilines is 1. The lowest BCUT2D eigenvalue weighted by atomic mass is 10.0. The lowest BCUT2D eigenvalue weighted by Gasteiger charge is -2.40. The fourth-order valence-corrected chi connectivity index (χ4v) is 7.33. The number of piperazine rings is 1. The van der Waals surface area contributed by atoms with E-state index in [-0.39, 0.29) is 42.5 Å². The monoisotopic (exact) mass is 587 g/mol. The van der Waals surface area contributed by atoms with Gasteiger partial charge in [-0.1, -0.05) is 0 Å². The molecule has 0 bridgehead atoms. The van der Waals surface area contributed by atoms with Gasteiger partial charge in [0.15, 0.2) is 5.82 Å². The highest BCUT2D eigenvalue weighted by Gasteiger charge is 2.60. The number of aromatic nitrogens is 3. The summed E-state index contributed by atoms with van der Waals surface area (Å²) in [5.41, 5.74) is -5.22. The minimum atomic E-state index is -5.29. The molecule has 8 nitrogen and oxygen atoms in total. The van der Waals surface area contributed by atoms with Crippen LogP contribution in [-0.2, 0) is 21.8 Å². The van der Waals surface area contributed by atoms with E-state index in [0.717, 1.165) is 28.6 Å². The number of thiophene rings is 1. The van der Waals surface area contributed by atoms with Crippen LogP contribution in [0, 0.1) is 12.7 Å². The van der Waals surface area contributed by atoms with Crippen LogP contribution in [0.2, 0.25) is 0 Å². The predicted octanol–water partition coefficient (Wildman–Crippen LogP) is 4.03. The van der Waals surface area contributed by atoms with E-state index in [4.69, 9.17) is 0 Å². The number of nitrogens with zero attached hydrogens (tertiary/aromatic N) is 4. The molecule has 2 N–H and O–H groups in total. The smallest absolute Gasteiger partial charge is 0.369 e. The van der Waals surface area contributed by atoms with Crippen molar-refractivity contribution in [3.8, 4) is 0 Å². The second-order valence-electron chi connectivity index (χ2n) is 8.64. The van der Waals surface area contributed by atoms with Crippen molar-refractivity contribution < 1.29 is 44.3 Å². The summed E-state index contributed by atoms with van der Waals surface area (Å²) in [6.45, 7) is 2.06. The standard InChI is InChI=1S/C21H20F7N5O3S2/c1-11-10-32(15-4-3-13(22)9-14(15)20(23,24)25)7-8-33(11)38(35,36)17-6-5-16(37-17)19(34,21(26,27)28)18-29-12(2)30-31-18/h3-6,9,11,34H,7-8,10H2,1-2H3,(H,29,30,31). The van der Waals surface area contributed by atoms with Gasteiger partial charge >= 0.3 is 12.4 Å². The van der Waals surface area contributed by atoms with Gasteiger partial charge in [0.1, 0.15) is 15.9 Å². The van der Waals surface area contributed by atoms with E-state index in [0.29, 0.717) is 6.07 Å². The Kier molecular flexibility index (Phi) is 7.03. The van der Waals surface area contributed by atoms with Gasteiger partial charge in [0.2, 0.25) is 0 Å². The average molecular weight is 588 g/mol. The van der Waals surface area contributed by atoms with Crippen LogP contribution in [0.5, 0.6) is 0 Å². The zero-order chi connectivity index (χ0) is 28.3. The van der Waals surface area contributed by atoms with Crippen molar-refractivity contribution in [1.29, 1.82) is 0 Å². The third-order valence-electron chi connectivity index (χ3n) is 6.00. The van der Waals surface area contributed by atoms with Gasteiger partial charge < -0.3 is 10.0 Å². The fraction of sp³-hybridized carbons (Fsp3) is 0.429. The predicted molar refractivity (Wildman–Crippen MR) is 121 cm³/mol. The van der Waals surface area contributed by atoms with Gasteiger partial charge in [-0.05, 0) is 44.2 Å². The molecule has 3 heterocycles. The van der Waals surface area contributed by atoms with E-state index < -0.39 is 60.3 Å². The Bertz CT molecular complexity index is 1440. The topological polar surface area (TPSA) is 102 Å². The molecule has 2 unspecified atom stereocenters. The number of aromatic amines is 1. The molecule has 0 radical (unpaired) electrons. The van der Waals surface area contributed by atoms with Crippen LogP contribution in [0.15, 0.2) is 34.5 Å². The quantitative estimate of drug-likeness (QED) is 0.438. The molecule has 17 heteroatoms. The molecule has 0 amide bonds. The van der Waals surface area contributed by atoms with Gasteiger partial charge in [-0.3, -0.25) is 5.10 Å². The molecule has 0 saturated carbocycles. The Morgan fingerprint density at radius 1 is 1.11 bits per heavy atom. The lowest BCUT2D eigenvalue weighted by Crippen LogP contribution is -2.54. The first-order chi connectivity index (χ1) is 17.5. The summed E-state index contributed by atoms with van der Waals surface area (Å²) in [5.74, 6) is -2.09. The van der Waals surface area contributed by atoms with Gasteiger partial charge in [-0.25, -0.2) is 17.8 Å². The number of hydrogen-bond acceptors (Lipinski definition) is 7. The zero-order valence-electron chi connectivity index (χ0n) is 19.6. The molecular weight excluding hydrogens is 567 g/mol. The Hall–Kier alpha value is -2.76. The van der Waals surface area contributed by atoms with E-state index >= 15 is 0 Å². The fourth-order valence-electron chi connectivity index (χ4n) is 4.18. The molecule has 2 aromatic heterocycles. The maximum atomic E-state index is 13.9. The number of benzene rings is 1. The number of aryl methyl sites for hydroxylation is 1. The zero-order valence-corrected chi connectivity index (χ0v) is 21.2. The molecule has 38 heavy (non-hydrogen) atoms.